The number of fused-ring (bicyclic) bond motifs is 7. The summed E-state index contributed by atoms with van der Waals surface area (Å²) in [6.07, 6.45) is 0. The van der Waals surface area contributed by atoms with Crippen molar-refractivity contribution in [3.05, 3.63) is 481 Å². The number of rotatable bonds is 13. The van der Waals surface area contributed by atoms with Crippen molar-refractivity contribution in [1.82, 2.24) is 4.57 Å². The first kappa shape index (κ1) is 78.9. The lowest BCUT2D eigenvalue weighted by atomic mass is 9.88. The van der Waals surface area contributed by atoms with Gasteiger partial charge in [-0.05, 0) is 293 Å². The molecular weight excluding hydrogens is 1820 g/mol. The molecule has 4 nitrogen and oxygen atoms in total. The maximum atomic E-state index is 3.82. The number of para-hydroxylation sites is 7. The zero-order valence-electron chi connectivity index (χ0n) is 71.3. The molecule has 27 aromatic rings. The van der Waals surface area contributed by atoms with Crippen LogP contribution in [0.3, 0.4) is 0 Å². The minimum Gasteiger partial charge on any atom is -0.310 e. The number of aromatic nitrogens is 1. The maximum Gasteiger partial charge on any atom is 0.0542 e. The van der Waals surface area contributed by atoms with E-state index in [1.54, 1.807) is 0 Å². The van der Waals surface area contributed by atoms with Crippen molar-refractivity contribution < 1.29 is 0 Å². The first-order valence-corrected chi connectivity index (χ1v) is 47.8. The zero-order chi connectivity index (χ0) is 87.6. The van der Waals surface area contributed by atoms with Gasteiger partial charge in [0.15, 0.2) is 0 Å². The third-order valence-corrected chi connectivity index (χ3v) is 29.9. The summed E-state index contributed by atoms with van der Waals surface area (Å²) in [6, 6.07) is 170. The van der Waals surface area contributed by atoms with E-state index in [1.807, 2.05) is 11.3 Å². The summed E-state index contributed by atoms with van der Waals surface area (Å²) in [7, 11) is 0. The molecule has 132 heavy (non-hydrogen) atoms. The topological polar surface area (TPSA) is 14.7 Å². The Kier molecular flexibility index (Phi) is 19.6. The first-order chi connectivity index (χ1) is 65.2. The van der Waals surface area contributed by atoms with Crippen molar-refractivity contribution >= 4 is 260 Å². The molecule has 0 aliphatic heterocycles. The molecule has 0 saturated heterocycles. The fraction of sp³-hybridized carbons (Fsp3) is 0. The highest BCUT2D eigenvalue weighted by Gasteiger charge is 2.25. The van der Waals surface area contributed by atoms with E-state index in [2.05, 4.69) is 534 Å². The molecular formula is C124H77Br3N4S. The Morgan fingerprint density at radius 3 is 0.932 bits per heavy atom. The lowest BCUT2D eigenvalue weighted by molar-refractivity contribution is 1.18. The molecule has 0 aliphatic rings. The molecule has 620 valence electrons. The number of hydrogen-bond acceptors (Lipinski definition) is 4. The van der Waals surface area contributed by atoms with Gasteiger partial charge in [0.05, 0.1) is 16.7 Å². The second kappa shape index (κ2) is 32.7. The van der Waals surface area contributed by atoms with Gasteiger partial charge in [-0.15, -0.1) is 11.3 Å². The Balaban J connectivity index is 0.000000107. The van der Waals surface area contributed by atoms with Gasteiger partial charge in [0.25, 0.3) is 0 Å². The predicted octanol–water partition coefficient (Wildman–Crippen LogP) is 38.1. The average molecular weight is 1890 g/mol. The minimum absolute atomic E-state index is 1.12. The molecule has 0 radical (unpaired) electrons. The number of nitrogens with zero attached hydrogens (tertiary/aromatic N) is 4. The fourth-order valence-corrected chi connectivity index (χ4v) is 23.3. The van der Waals surface area contributed by atoms with E-state index in [9.17, 15) is 0 Å². The van der Waals surface area contributed by atoms with Gasteiger partial charge in [-0.3, -0.25) is 0 Å². The molecule has 0 aliphatic carbocycles. The van der Waals surface area contributed by atoms with E-state index in [1.165, 1.54) is 189 Å². The molecule has 0 amide bonds. The number of benzene rings is 25. The summed E-state index contributed by atoms with van der Waals surface area (Å²) in [6.45, 7) is 0. The van der Waals surface area contributed by atoms with E-state index in [4.69, 9.17) is 0 Å². The molecule has 0 saturated carbocycles. The second-order valence-electron chi connectivity index (χ2n) is 34.0. The van der Waals surface area contributed by atoms with Crippen molar-refractivity contribution in [3.63, 3.8) is 0 Å². The number of anilines is 9. The van der Waals surface area contributed by atoms with Crippen LogP contribution in [0.2, 0.25) is 0 Å². The minimum atomic E-state index is 1.12. The van der Waals surface area contributed by atoms with Crippen LogP contribution in [0.25, 0.3) is 189 Å². The largest absolute Gasteiger partial charge is 0.310 e. The summed E-state index contributed by atoms with van der Waals surface area (Å²) >= 11 is 13.3. The van der Waals surface area contributed by atoms with Gasteiger partial charge in [0, 0.05) is 101 Å². The Morgan fingerprint density at radius 1 is 0.182 bits per heavy atom. The maximum absolute atomic E-state index is 3.82. The molecule has 27 rings (SSSR count). The second-order valence-corrected chi connectivity index (χ2v) is 37.7. The van der Waals surface area contributed by atoms with Crippen LogP contribution in [0.4, 0.5) is 51.2 Å². The van der Waals surface area contributed by atoms with Crippen LogP contribution in [0.5, 0.6) is 0 Å². The molecule has 0 bridgehead atoms. The van der Waals surface area contributed by atoms with Crippen molar-refractivity contribution in [3.8, 4) is 39.1 Å². The van der Waals surface area contributed by atoms with Crippen molar-refractivity contribution in [2.75, 3.05) is 14.7 Å². The van der Waals surface area contributed by atoms with E-state index in [0.29, 0.717) is 0 Å². The van der Waals surface area contributed by atoms with Gasteiger partial charge >= 0.3 is 0 Å². The predicted molar refractivity (Wildman–Crippen MR) is 579 cm³/mol. The Labute approximate surface area is 792 Å². The number of hydrogen-bond donors (Lipinski definition) is 0. The van der Waals surface area contributed by atoms with Crippen molar-refractivity contribution in [2.45, 2.75) is 0 Å². The van der Waals surface area contributed by atoms with Crippen LogP contribution >= 0.6 is 59.1 Å². The first-order valence-electron chi connectivity index (χ1n) is 44.7. The summed E-state index contributed by atoms with van der Waals surface area (Å²) < 4.78 is 8.41. The van der Waals surface area contributed by atoms with Gasteiger partial charge in [-0.25, -0.2) is 0 Å². The SMILES string of the molecule is Brc1ccc2ccc3c(-c4ccc(N(c5ccccc5)c5ccccc5)c5ccccc45)ccc4ccc1c2c43.Brc1ccc2ccc3c(-c4ccc5c(c4)c4cc(N(c6ccccc6)c6ccccc6)ccc4n5-c4ccccc4)ccc4ccc1c2c43.Brc1ccc2ccc3c(-c4ccc5c(c4)sc4cc(N(c6ccccc6)c6ccccc6)ccc45)ccc4ccc1c2c43. The van der Waals surface area contributed by atoms with E-state index >= 15 is 0 Å². The van der Waals surface area contributed by atoms with Gasteiger partial charge in [0.1, 0.15) is 0 Å². The summed E-state index contributed by atoms with van der Waals surface area (Å²) in [5.74, 6) is 0. The Hall–Kier alpha value is -15.3. The summed E-state index contributed by atoms with van der Waals surface area (Å²) in [4.78, 5) is 7.03. The smallest absolute Gasteiger partial charge is 0.0542 e. The van der Waals surface area contributed by atoms with Crippen LogP contribution < -0.4 is 14.7 Å². The van der Waals surface area contributed by atoms with Gasteiger partial charge in [-0.1, -0.05) is 357 Å². The standard InChI is InChI=1S/C46H29BrN2.C40H24BrNS.C38H24BrN/c47-42-25-19-31-17-23-38-37(22-16-30-18-24-39(42)46(31)45(30)38)32-20-26-43-40(28-32)41-29-36(21-27-44(41)49(43)35-14-8-3-9-15-35)48(33-10-4-1-5-11-33)34-12-6-2-7-13-34;41-36-22-15-26-12-19-34-31(17-11-25-13-20-35(36)40(26)39(25)34)27-14-18-32-33-21-16-30(24-38(33)43-37(32)23-27)42(28-7-3-1-4-8-28)29-9-5-2-6-10-29;39-35-23-18-26-16-20-33-31(19-15-25-17-21-34(35)38(26)37(25)33)30-22-24-36(32-14-8-7-13-29(30)32)40(27-9-3-1-4-10-27)28-11-5-2-6-12-28/h1-29H;1-24H;1-24H. The number of halogens is 3. The third kappa shape index (κ3) is 13.4. The van der Waals surface area contributed by atoms with Crippen molar-refractivity contribution in [1.29, 1.82) is 0 Å². The molecule has 0 N–H and O–H groups in total. The summed E-state index contributed by atoms with van der Waals surface area (Å²) in [5.41, 5.74) is 21.3. The molecule has 2 aromatic heterocycles. The molecule has 0 atom stereocenters. The molecule has 2 heterocycles. The van der Waals surface area contributed by atoms with Gasteiger partial charge in [0.2, 0.25) is 0 Å². The van der Waals surface area contributed by atoms with E-state index in [-0.39, 0.29) is 0 Å². The van der Waals surface area contributed by atoms with Gasteiger partial charge < -0.3 is 19.3 Å². The normalized spacial score (nSPS) is 11.8. The van der Waals surface area contributed by atoms with E-state index in [0.717, 1.165) is 64.6 Å². The lowest BCUT2D eigenvalue weighted by Crippen LogP contribution is -2.10. The molecule has 0 unspecified atom stereocenters. The highest BCUT2D eigenvalue weighted by molar-refractivity contribution is 9.11. The Morgan fingerprint density at radius 2 is 0.477 bits per heavy atom. The fourth-order valence-electron chi connectivity index (χ4n) is 20.8. The van der Waals surface area contributed by atoms with Crippen LogP contribution in [-0.4, -0.2) is 4.57 Å². The number of thiophene rings is 1. The van der Waals surface area contributed by atoms with Crippen LogP contribution in [0, 0.1) is 0 Å². The molecule has 0 spiro atoms. The summed E-state index contributed by atoms with van der Waals surface area (Å²) in [5, 5.41) is 30.8. The Bertz CT molecular complexity index is 9010. The molecule has 25 aromatic carbocycles. The van der Waals surface area contributed by atoms with E-state index < -0.39 is 0 Å². The highest BCUT2D eigenvalue weighted by atomic mass is 79.9. The quantitative estimate of drug-likeness (QED) is 0.107. The monoisotopic (exact) mass is 1890 g/mol. The average Bonchev–Trinajstić information content (AvgIpc) is 1.16. The third-order valence-electron chi connectivity index (χ3n) is 26.7. The van der Waals surface area contributed by atoms with Crippen molar-refractivity contribution in [2.24, 2.45) is 0 Å². The van der Waals surface area contributed by atoms with Crippen LogP contribution in [0.1, 0.15) is 0 Å². The highest BCUT2D eigenvalue weighted by Crippen LogP contribution is 2.51. The van der Waals surface area contributed by atoms with Gasteiger partial charge in [-0.2, -0.15) is 0 Å². The van der Waals surface area contributed by atoms with Crippen LogP contribution in [-0.2, 0) is 0 Å². The molecule has 0 fully saturated rings. The zero-order valence-corrected chi connectivity index (χ0v) is 76.9. The lowest BCUT2D eigenvalue weighted by Gasteiger charge is -2.27. The van der Waals surface area contributed by atoms with Crippen LogP contribution in [0.15, 0.2) is 481 Å². The molecule has 8 heteroatoms.